The number of rotatable bonds is 7. The quantitative estimate of drug-likeness (QED) is 0.359. The first-order valence-electron chi connectivity index (χ1n) is 9.74. The lowest BCUT2D eigenvalue weighted by Gasteiger charge is -2.43. The average molecular weight is 455 g/mol. The highest BCUT2D eigenvalue weighted by molar-refractivity contribution is 7.84. The lowest BCUT2D eigenvalue weighted by Crippen LogP contribution is -2.66. The number of hydrogen-bond donors (Lipinski definition) is 4. The summed E-state index contributed by atoms with van der Waals surface area (Å²) >= 11 is 6.24. The van der Waals surface area contributed by atoms with Crippen LogP contribution in [-0.4, -0.2) is 96.9 Å². The van der Waals surface area contributed by atoms with Crippen molar-refractivity contribution in [3.8, 4) is 0 Å². The van der Waals surface area contributed by atoms with Gasteiger partial charge in [-0.05, 0) is 19.8 Å². The summed E-state index contributed by atoms with van der Waals surface area (Å²) in [4.78, 5) is 26.7. The Kier molecular flexibility index (Phi) is 8.46. The molecule has 2 saturated heterocycles. The van der Waals surface area contributed by atoms with E-state index in [0.717, 1.165) is 6.42 Å². The molecule has 0 aromatic heterocycles. The molecule has 168 valence electrons. The first-order chi connectivity index (χ1) is 13.5. The number of halogens is 1. The second kappa shape index (κ2) is 10.0. The first kappa shape index (κ1) is 24.5. The van der Waals surface area contributed by atoms with Crippen LogP contribution in [0.3, 0.4) is 0 Å². The van der Waals surface area contributed by atoms with Crippen LogP contribution in [-0.2, 0) is 25.1 Å². The first-order valence-corrected chi connectivity index (χ1v) is 11.8. The normalized spacial score (nSPS) is 38.6. The van der Waals surface area contributed by atoms with E-state index >= 15 is 0 Å². The SMILES string of the molecule is CCCC1CC(C(=O)NC(C(C)Cl)C2OC(S(C)=O)C(O)C(O)C2O)N(C)C1=O. The number of aliphatic hydroxyl groups excluding tert-OH is 3. The molecule has 0 aromatic rings. The van der Waals surface area contributed by atoms with Crippen LogP contribution >= 0.6 is 11.6 Å². The maximum atomic E-state index is 12.9. The van der Waals surface area contributed by atoms with Gasteiger partial charge in [0, 0.05) is 19.2 Å². The molecule has 2 rings (SSSR count). The van der Waals surface area contributed by atoms with Crippen molar-refractivity contribution in [1.29, 1.82) is 0 Å². The molecule has 2 aliphatic rings. The molecule has 9 nitrogen and oxygen atoms in total. The fourth-order valence-electron chi connectivity index (χ4n) is 4.01. The second-order valence-electron chi connectivity index (χ2n) is 7.84. The highest BCUT2D eigenvalue weighted by Crippen LogP contribution is 2.29. The zero-order chi connectivity index (χ0) is 22.0. The maximum Gasteiger partial charge on any atom is 0.243 e. The number of nitrogens with zero attached hydrogens (tertiary/aromatic N) is 1. The second-order valence-corrected chi connectivity index (χ2v) is 9.99. The van der Waals surface area contributed by atoms with Gasteiger partial charge in [0.25, 0.3) is 0 Å². The van der Waals surface area contributed by atoms with Crippen LogP contribution in [0.15, 0.2) is 0 Å². The van der Waals surface area contributed by atoms with Gasteiger partial charge in [0.2, 0.25) is 11.8 Å². The Labute approximate surface area is 178 Å². The maximum absolute atomic E-state index is 12.9. The van der Waals surface area contributed by atoms with Gasteiger partial charge >= 0.3 is 0 Å². The van der Waals surface area contributed by atoms with Gasteiger partial charge in [0.1, 0.15) is 30.5 Å². The van der Waals surface area contributed by atoms with Crippen molar-refractivity contribution in [1.82, 2.24) is 10.2 Å². The molecule has 2 fully saturated rings. The number of alkyl halides is 1. The van der Waals surface area contributed by atoms with E-state index in [1.54, 1.807) is 14.0 Å². The van der Waals surface area contributed by atoms with Gasteiger partial charge in [0.15, 0.2) is 5.44 Å². The number of ether oxygens (including phenoxy) is 1. The Morgan fingerprint density at radius 1 is 1.34 bits per heavy atom. The molecule has 29 heavy (non-hydrogen) atoms. The van der Waals surface area contributed by atoms with Crippen LogP contribution in [0, 0.1) is 5.92 Å². The summed E-state index contributed by atoms with van der Waals surface area (Å²) in [6.45, 7) is 3.56. The largest absolute Gasteiger partial charge is 0.388 e. The minimum atomic E-state index is -1.65. The number of likely N-dealkylation sites (tertiary alicyclic amines) is 1. The topological polar surface area (TPSA) is 136 Å². The van der Waals surface area contributed by atoms with Gasteiger partial charge < -0.3 is 30.3 Å². The van der Waals surface area contributed by atoms with Gasteiger partial charge in [-0.2, -0.15) is 0 Å². The van der Waals surface area contributed by atoms with Crippen molar-refractivity contribution < 1.29 is 33.9 Å². The van der Waals surface area contributed by atoms with Crippen LogP contribution in [0.25, 0.3) is 0 Å². The van der Waals surface area contributed by atoms with Crippen molar-refractivity contribution in [2.24, 2.45) is 5.92 Å². The fraction of sp³-hybridized carbons (Fsp3) is 0.889. The van der Waals surface area contributed by atoms with Crippen molar-refractivity contribution in [2.75, 3.05) is 13.3 Å². The third-order valence-corrected chi connectivity index (χ3v) is 7.02. The molecule has 0 radical (unpaired) electrons. The Morgan fingerprint density at radius 2 is 1.97 bits per heavy atom. The van der Waals surface area contributed by atoms with Gasteiger partial charge in [-0.1, -0.05) is 13.3 Å². The van der Waals surface area contributed by atoms with Gasteiger partial charge in [-0.3, -0.25) is 13.8 Å². The molecule has 2 aliphatic heterocycles. The molecular weight excluding hydrogens is 424 g/mol. The summed E-state index contributed by atoms with van der Waals surface area (Å²) in [7, 11) is -0.0794. The predicted molar refractivity (Wildman–Crippen MR) is 108 cm³/mol. The Bertz CT molecular complexity index is 637. The molecule has 4 N–H and O–H groups in total. The summed E-state index contributed by atoms with van der Waals surface area (Å²) in [5.41, 5.74) is -1.24. The van der Waals surface area contributed by atoms with Crippen LogP contribution in [0.1, 0.15) is 33.1 Å². The van der Waals surface area contributed by atoms with Crippen LogP contribution in [0.4, 0.5) is 0 Å². The molecule has 0 saturated carbocycles. The summed E-state index contributed by atoms with van der Waals surface area (Å²) < 4.78 is 17.5. The fourth-order valence-corrected chi connectivity index (χ4v) is 5.05. The molecule has 10 unspecified atom stereocenters. The Balaban J connectivity index is 2.18. The van der Waals surface area contributed by atoms with Crippen LogP contribution < -0.4 is 5.32 Å². The Morgan fingerprint density at radius 3 is 2.48 bits per heavy atom. The molecule has 0 aliphatic carbocycles. The third kappa shape index (κ3) is 5.11. The highest BCUT2D eigenvalue weighted by atomic mass is 35.5. The van der Waals surface area contributed by atoms with E-state index in [2.05, 4.69) is 5.32 Å². The van der Waals surface area contributed by atoms with Gasteiger partial charge in [0.05, 0.1) is 22.2 Å². The molecular formula is C18H31ClN2O7S. The van der Waals surface area contributed by atoms with E-state index in [1.807, 2.05) is 6.92 Å². The van der Waals surface area contributed by atoms with Crippen molar-refractivity contribution in [2.45, 2.75) is 80.4 Å². The van der Waals surface area contributed by atoms with Gasteiger partial charge in [-0.15, -0.1) is 11.6 Å². The van der Waals surface area contributed by atoms with Crippen molar-refractivity contribution in [3.63, 3.8) is 0 Å². The lowest BCUT2D eigenvalue weighted by molar-refractivity contribution is -0.206. The number of nitrogens with one attached hydrogen (secondary N) is 1. The number of carbonyl (C=O) groups is 2. The summed E-state index contributed by atoms with van der Waals surface area (Å²) in [6, 6.07) is -1.62. The van der Waals surface area contributed by atoms with E-state index in [1.165, 1.54) is 11.2 Å². The molecule has 2 amide bonds. The van der Waals surface area contributed by atoms with E-state index in [4.69, 9.17) is 16.3 Å². The average Bonchev–Trinajstić information content (AvgIpc) is 2.93. The van der Waals surface area contributed by atoms with Crippen molar-refractivity contribution in [3.05, 3.63) is 0 Å². The van der Waals surface area contributed by atoms with Gasteiger partial charge in [-0.25, -0.2) is 0 Å². The monoisotopic (exact) mass is 454 g/mol. The lowest BCUT2D eigenvalue weighted by atomic mass is 9.92. The minimum Gasteiger partial charge on any atom is -0.388 e. The number of carbonyl (C=O) groups excluding carboxylic acids is 2. The number of aliphatic hydroxyl groups is 3. The summed E-state index contributed by atoms with van der Waals surface area (Å²) in [6.07, 6.45) is -2.67. The number of hydrogen-bond acceptors (Lipinski definition) is 7. The number of likely N-dealkylation sites (N-methyl/N-ethyl adjacent to an activating group) is 1. The molecule has 2 heterocycles. The van der Waals surface area contributed by atoms with Crippen LogP contribution in [0.2, 0.25) is 0 Å². The highest BCUT2D eigenvalue weighted by Gasteiger charge is 2.50. The summed E-state index contributed by atoms with van der Waals surface area (Å²) in [5.74, 6) is -0.744. The minimum absolute atomic E-state index is 0.0867. The zero-order valence-electron chi connectivity index (χ0n) is 17.0. The van der Waals surface area contributed by atoms with E-state index in [0.29, 0.717) is 12.8 Å². The van der Waals surface area contributed by atoms with Crippen molar-refractivity contribution >= 4 is 34.2 Å². The molecule has 11 heteroatoms. The molecule has 0 aromatic carbocycles. The predicted octanol–water partition coefficient (Wildman–Crippen LogP) is -1.07. The molecule has 0 bridgehead atoms. The third-order valence-electron chi connectivity index (χ3n) is 5.70. The zero-order valence-corrected chi connectivity index (χ0v) is 18.6. The number of amides is 2. The van der Waals surface area contributed by atoms with E-state index < -0.39 is 64.0 Å². The van der Waals surface area contributed by atoms with E-state index in [-0.39, 0.29) is 11.8 Å². The van der Waals surface area contributed by atoms with E-state index in [9.17, 15) is 29.1 Å². The summed E-state index contributed by atoms with van der Waals surface area (Å²) in [5, 5.41) is 32.6. The van der Waals surface area contributed by atoms with Crippen LogP contribution in [0.5, 0.6) is 0 Å². The molecule has 0 spiro atoms. The Hall–Kier alpha value is -0.780. The standard InChI is InChI=1S/C18H31ClN2O7S/c1-5-6-9-7-10(21(3)17(9)26)16(25)20-11(8(2)19)15-13(23)12(22)14(24)18(28-15)29(4)27/h8-15,18,22-24H,5-7H2,1-4H3,(H,20,25). The smallest absolute Gasteiger partial charge is 0.243 e. The molecule has 10 atom stereocenters.